The van der Waals surface area contributed by atoms with E-state index in [2.05, 4.69) is 199 Å². The molecule has 0 bridgehead atoms. The second-order valence-electron chi connectivity index (χ2n) is 16.0. The predicted octanol–water partition coefficient (Wildman–Crippen LogP) is 15.3. The fourth-order valence-corrected chi connectivity index (χ4v) is 9.16. The van der Waals surface area contributed by atoms with Crippen LogP contribution in [0.4, 0.5) is 0 Å². The minimum atomic E-state index is 0.699. The van der Waals surface area contributed by atoms with Crippen molar-refractivity contribution in [3.8, 4) is 73.1 Å². The Morgan fingerprint density at radius 1 is 0.302 bits per heavy atom. The summed E-state index contributed by atoms with van der Waals surface area (Å²) in [6.45, 7) is 0. The molecular weight excluding hydrogens is 765 g/mol. The van der Waals surface area contributed by atoms with Crippen LogP contribution in [0.1, 0.15) is 0 Å². The third kappa shape index (κ3) is 6.44. The lowest BCUT2D eigenvalue weighted by atomic mass is 9.96. The van der Waals surface area contributed by atoms with Gasteiger partial charge in [-0.2, -0.15) is 0 Å². The molecule has 3 aromatic heterocycles. The first-order valence-corrected chi connectivity index (χ1v) is 21.4. The Balaban J connectivity index is 0.968. The van der Waals surface area contributed by atoms with Gasteiger partial charge in [-0.05, 0) is 64.7 Å². The lowest BCUT2D eigenvalue weighted by Gasteiger charge is -2.14. The summed E-state index contributed by atoms with van der Waals surface area (Å²) in [5, 5.41) is 5.91. The van der Waals surface area contributed by atoms with Crippen LogP contribution in [0.5, 0.6) is 0 Å². The van der Waals surface area contributed by atoms with Gasteiger partial charge in [0.25, 0.3) is 0 Å². The molecular formula is C59H38N4. The monoisotopic (exact) mass is 802 g/mol. The number of hydrogen-bond acceptors (Lipinski definition) is 3. The molecule has 0 atom stereocenters. The number of benzene rings is 9. The van der Waals surface area contributed by atoms with E-state index in [9.17, 15) is 0 Å². The van der Waals surface area contributed by atoms with E-state index in [-0.39, 0.29) is 0 Å². The number of nitrogens with zero attached hydrogens (tertiary/aromatic N) is 4. The van der Waals surface area contributed by atoms with Gasteiger partial charge in [-0.1, -0.05) is 188 Å². The molecule has 4 nitrogen and oxygen atoms in total. The van der Waals surface area contributed by atoms with E-state index >= 15 is 0 Å². The smallest absolute Gasteiger partial charge is 0.160 e. The number of fused-ring (bicyclic) bond motifs is 7. The number of para-hydroxylation sites is 2. The largest absolute Gasteiger partial charge is 0.309 e. The van der Waals surface area contributed by atoms with Crippen molar-refractivity contribution in [2.45, 2.75) is 0 Å². The summed E-state index contributed by atoms with van der Waals surface area (Å²) in [6.07, 6.45) is 0. The zero-order chi connectivity index (χ0) is 41.7. The SMILES string of the molecule is c1ccc(-c2cc(-c3ccccc3)nc(-c3cccc(-c4ccc(-c5ccc6c(c5)c5ccc7c(-c8ccccc8)nc8ccccc8c7c5n6-c5ccccc5)cc4)c3)n2)cc1. The molecule has 12 rings (SSSR count). The molecule has 0 N–H and O–H groups in total. The van der Waals surface area contributed by atoms with E-state index in [1.54, 1.807) is 0 Å². The van der Waals surface area contributed by atoms with Gasteiger partial charge in [0.1, 0.15) is 0 Å². The Morgan fingerprint density at radius 3 is 1.49 bits per heavy atom. The molecule has 4 heteroatoms. The second kappa shape index (κ2) is 15.2. The van der Waals surface area contributed by atoms with Gasteiger partial charge in [0.2, 0.25) is 0 Å². The Labute approximate surface area is 365 Å². The van der Waals surface area contributed by atoms with Gasteiger partial charge < -0.3 is 4.57 Å². The van der Waals surface area contributed by atoms with Crippen LogP contribution in [0, 0.1) is 0 Å². The van der Waals surface area contributed by atoms with Crippen LogP contribution in [0.2, 0.25) is 0 Å². The van der Waals surface area contributed by atoms with Gasteiger partial charge in [-0.25, -0.2) is 15.0 Å². The summed E-state index contributed by atoms with van der Waals surface area (Å²) < 4.78 is 2.44. The summed E-state index contributed by atoms with van der Waals surface area (Å²) in [7, 11) is 0. The topological polar surface area (TPSA) is 43.6 Å². The summed E-state index contributed by atoms with van der Waals surface area (Å²) in [5.41, 5.74) is 16.0. The normalized spacial score (nSPS) is 11.5. The van der Waals surface area contributed by atoms with Crippen molar-refractivity contribution in [2.24, 2.45) is 0 Å². The van der Waals surface area contributed by atoms with Crippen molar-refractivity contribution in [3.63, 3.8) is 0 Å². The lowest BCUT2D eigenvalue weighted by Crippen LogP contribution is -1.96. The zero-order valence-corrected chi connectivity index (χ0v) is 34.2. The Hall–Kier alpha value is -8.47. The molecule has 3 heterocycles. The first kappa shape index (κ1) is 36.4. The molecule has 0 aliphatic rings. The number of rotatable bonds is 7. The van der Waals surface area contributed by atoms with Crippen LogP contribution in [0.25, 0.3) is 117 Å². The van der Waals surface area contributed by atoms with E-state index < -0.39 is 0 Å². The fraction of sp³-hybridized carbons (Fsp3) is 0. The first-order chi connectivity index (χ1) is 31.2. The van der Waals surface area contributed by atoms with E-state index in [1.165, 1.54) is 27.2 Å². The molecule has 0 unspecified atom stereocenters. The zero-order valence-electron chi connectivity index (χ0n) is 34.2. The molecule has 12 aromatic rings. The van der Waals surface area contributed by atoms with Crippen LogP contribution in [-0.2, 0) is 0 Å². The minimum absolute atomic E-state index is 0.699. The molecule has 0 spiro atoms. The standard InChI is InChI=1S/C59H38N4/c1-5-16-41(17-6-1)53-38-54(42-18-7-2-8-19-42)62-59(61-53)46-23-15-22-44(36-46)39-28-30-40(31-29-39)45-32-35-55-51(37-45)48-33-34-50-56(58(48)63(55)47-24-11-4-12-25-47)49-26-13-14-27-52(49)60-57(50)43-20-9-3-10-21-43/h1-38H. The van der Waals surface area contributed by atoms with Gasteiger partial charge >= 0.3 is 0 Å². The van der Waals surface area contributed by atoms with Crippen LogP contribution in [0.3, 0.4) is 0 Å². The third-order valence-electron chi connectivity index (χ3n) is 12.2. The second-order valence-corrected chi connectivity index (χ2v) is 16.0. The van der Waals surface area contributed by atoms with Gasteiger partial charge in [0.05, 0.1) is 33.6 Å². The fourth-order valence-electron chi connectivity index (χ4n) is 9.16. The highest BCUT2D eigenvalue weighted by Crippen LogP contribution is 2.43. The molecule has 0 radical (unpaired) electrons. The Bertz CT molecular complexity index is 3580. The number of pyridine rings is 1. The third-order valence-corrected chi connectivity index (χ3v) is 12.2. The quantitative estimate of drug-likeness (QED) is 0.151. The maximum atomic E-state index is 5.25. The molecule has 0 saturated carbocycles. The van der Waals surface area contributed by atoms with Crippen molar-refractivity contribution in [1.29, 1.82) is 0 Å². The summed E-state index contributed by atoms with van der Waals surface area (Å²) >= 11 is 0. The maximum Gasteiger partial charge on any atom is 0.160 e. The van der Waals surface area contributed by atoms with E-state index in [0.29, 0.717) is 5.82 Å². The van der Waals surface area contributed by atoms with Crippen molar-refractivity contribution in [1.82, 2.24) is 19.5 Å². The summed E-state index contributed by atoms with van der Waals surface area (Å²) in [6, 6.07) is 81.5. The van der Waals surface area contributed by atoms with Crippen molar-refractivity contribution < 1.29 is 0 Å². The van der Waals surface area contributed by atoms with E-state index in [1.807, 2.05) is 36.4 Å². The van der Waals surface area contributed by atoms with Crippen LogP contribution >= 0.6 is 0 Å². The molecule has 0 aliphatic heterocycles. The van der Waals surface area contributed by atoms with Crippen LogP contribution in [0.15, 0.2) is 231 Å². The molecule has 0 fully saturated rings. The number of aromatic nitrogens is 4. The molecule has 0 amide bonds. The summed E-state index contributed by atoms with van der Waals surface area (Å²) in [4.78, 5) is 15.4. The Morgan fingerprint density at radius 2 is 0.825 bits per heavy atom. The van der Waals surface area contributed by atoms with Crippen molar-refractivity contribution >= 4 is 43.5 Å². The van der Waals surface area contributed by atoms with Gasteiger partial charge in [0, 0.05) is 54.9 Å². The minimum Gasteiger partial charge on any atom is -0.309 e. The average molecular weight is 803 g/mol. The van der Waals surface area contributed by atoms with E-state index in [4.69, 9.17) is 15.0 Å². The van der Waals surface area contributed by atoms with Gasteiger partial charge in [-0.15, -0.1) is 0 Å². The van der Waals surface area contributed by atoms with Gasteiger partial charge in [0.15, 0.2) is 5.82 Å². The lowest BCUT2D eigenvalue weighted by molar-refractivity contribution is 1.18. The molecule has 9 aromatic carbocycles. The highest BCUT2D eigenvalue weighted by molar-refractivity contribution is 6.27. The molecule has 63 heavy (non-hydrogen) atoms. The van der Waals surface area contributed by atoms with E-state index in [0.717, 1.165) is 83.5 Å². The average Bonchev–Trinajstić information content (AvgIpc) is 3.71. The van der Waals surface area contributed by atoms with Gasteiger partial charge in [-0.3, -0.25) is 0 Å². The summed E-state index contributed by atoms with van der Waals surface area (Å²) in [5.74, 6) is 0.699. The molecule has 0 saturated heterocycles. The van der Waals surface area contributed by atoms with Crippen LogP contribution < -0.4 is 0 Å². The van der Waals surface area contributed by atoms with Crippen LogP contribution in [-0.4, -0.2) is 19.5 Å². The molecule has 294 valence electrons. The Kier molecular flexibility index (Phi) is 8.79. The highest BCUT2D eigenvalue weighted by Gasteiger charge is 2.20. The maximum absolute atomic E-state index is 5.25. The highest BCUT2D eigenvalue weighted by atomic mass is 15.0. The van der Waals surface area contributed by atoms with Crippen molar-refractivity contribution in [3.05, 3.63) is 231 Å². The first-order valence-electron chi connectivity index (χ1n) is 21.4. The number of hydrogen-bond donors (Lipinski definition) is 0. The molecule has 0 aliphatic carbocycles. The van der Waals surface area contributed by atoms with Crippen molar-refractivity contribution in [2.75, 3.05) is 0 Å². The predicted molar refractivity (Wildman–Crippen MR) is 262 cm³/mol.